The Labute approximate surface area is 148 Å². The van der Waals surface area contributed by atoms with Crippen LogP contribution in [0.15, 0.2) is 48.1 Å². The summed E-state index contributed by atoms with van der Waals surface area (Å²) in [5.41, 5.74) is 2.78. The largest absolute Gasteiger partial charge is 0.478 e. The average molecular weight is 339 g/mol. The van der Waals surface area contributed by atoms with E-state index in [1.54, 1.807) is 12.1 Å². The highest BCUT2D eigenvalue weighted by atomic mass is 16.4. The minimum absolute atomic E-state index is 0.175. The first-order valence-corrected chi connectivity index (χ1v) is 9.01. The molecule has 1 heterocycles. The molecule has 2 fully saturated rings. The van der Waals surface area contributed by atoms with E-state index in [0.29, 0.717) is 18.5 Å². The normalized spacial score (nSPS) is 21.3. The number of carbonyl (C=O) groups is 2. The van der Waals surface area contributed by atoms with E-state index >= 15 is 0 Å². The molecule has 1 saturated heterocycles. The molecule has 0 spiro atoms. The Morgan fingerprint density at radius 2 is 1.96 bits per heavy atom. The van der Waals surface area contributed by atoms with Crippen molar-refractivity contribution >= 4 is 11.9 Å². The third kappa shape index (κ3) is 4.59. The average Bonchev–Trinajstić information content (AvgIpc) is 3.39. The van der Waals surface area contributed by atoms with E-state index in [1.165, 1.54) is 18.4 Å². The van der Waals surface area contributed by atoms with Crippen LogP contribution in [0.25, 0.3) is 0 Å². The van der Waals surface area contributed by atoms with Gasteiger partial charge < -0.3 is 10.0 Å². The van der Waals surface area contributed by atoms with Crippen molar-refractivity contribution in [1.82, 2.24) is 4.90 Å². The molecule has 1 saturated carbocycles. The molecule has 4 nitrogen and oxygen atoms in total. The van der Waals surface area contributed by atoms with Gasteiger partial charge in [-0.15, -0.1) is 0 Å². The van der Waals surface area contributed by atoms with E-state index in [0.717, 1.165) is 24.3 Å². The van der Waals surface area contributed by atoms with Gasteiger partial charge >= 0.3 is 5.97 Å². The number of rotatable bonds is 7. The molecule has 132 valence electrons. The van der Waals surface area contributed by atoms with Gasteiger partial charge in [0.15, 0.2) is 0 Å². The molecule has 2 aliphatic rings. The molecule has 0 bridgehead atoms. The SMILES string of the molecule is C/C(=C/C=C\[C@H]1CCC(=O)N1CCc1ccc(C(=O)O)cc1)C1CC1. The van der Waals surface area contributed by atoms with Gasteiger partial charge in [0.25, 0.3) is 0 Å². The first-order chi connectivity index (χ1) is 12.0. The van der Waals surface area contributed by atoms with Crippen LogP contribution in [0.1, 0.15) is 48.5 Å². The summed E-state index contributed by atoms with van der Waals surface area (Å²) in [5.74, 6) is 0.0699. The highest BCUT2D eigenvalue weighted by Crippen LogP contribution is 2.36. The summed E-state index contributed by atoms with van der Waals surface area (Å²) in [4.78, 5) is 25.0. The summed E-state index contributed by atoms with van der Waals surface area (Å²) in [5, 5.41) is 8.94. The highest BCUT2D eigenvalue weighted by molar-refractivity contribution is 5.87. The number of allylic oxidation sites excluding steroid dienone is 3. The summed E-state index contributed by atoms with van der Waals surface area (Å²) >= 11 is 0. The minimum Gasteiger partial charge on any atom is -0.478 e. The molecular formula is C21H25NO3. The summed E-state index contributed by atoms with van der Waals surface area (Å²) in [7, 11) is 0. The van der Waals surface area contributed by atoms with Gasteiger partial charge in [0.05, 0.1) is 11.6 Å². The monoisotopic (exact) mass is 339 g/mol. The second-order valence-electron chi connectivity index (χ2n) is 7.02. The first-order valence-electron chi connectivity index (χ1n) is 9.01. The molecule has 1 aromatic rings. The molecule has 1 aromatic carbocycles. The molecule has 1 aliphatic carbocycles. The van der Waals surface area contributed by atoms with Crippen molar-refractivity contribution in [3.05, 3.63) is 59.2 Å². The standard InChI is InChI=1S/C21H25NO3/c1-15(17-9-10-17)3-2-4-19-11-12-20(23)22(19)14-13-16-5-7-18(8-6-16)21(24)25/h2-8,17,19H,9-14H2,1H3,(H,24,25)/b4-2-,15-3-/t19-/m0/s1. The van der Waals surface area contributed by atoms with Gasteiger partial charge in [0, 0.05) is 13.0 Å². The number of benzene rings is 1. The van der Waals surface area contributed by atoms with Crippen LogP contribution in [0.4, 0.5) is 0 Å². The Kier molecular flexibility index (Phi) is 5.37. The van der Waals surface area contributed by atoms with Gasteiger partial charge in [-0.2, -0.15) is 0 Å². The number of amides is 1. The summed E-state index contributed by atoms with van der Waals surface area (Å²) in [6, 6.07) is 7.07. The summed E-state index contributed by atoms with van der Waals surface area (Å²) in [6.07, 6.45) is 11.3. The molecule has 1 N–H and O–H groups in total. The van der Waals surface area contributed by atoms with Crippen LogP contribution < -0.4 is 0 Å². The molecule has 1 atom stereocenters. The minimum atomic E-state index is -0.916. The number of likely N-dealkylation sites (tertiary alicyclic amines) is 1. The van der Waals surface area contributed by atoms with Crippen LogP contribution in [0.3, 0.4) is 0 Å². The fraction of sp³-hybridized carbons (Fsp3) is 0.429. The van der Waals surface area contributed by atoms with Gasteiger partial charge in [-0.25, -0.2) is 4.79 Å². The molecule has 25 heavy (non-hydrogen) atoms. The van der Waals surface area contributed by atoms with Crippen molar-refractivity contribution in [2.75, 3.05) is 6.54 Å². The number of aromatic carboxylic acids is 1. The first kappa shape index (κ1) is 17.5. The van der Waals surface area contributed by atoms with E-state index in [2.05, 4.69) is 25.2 Å². The Hall–Kier alpha value is -2.36. The third-order valence-corrected chi connectivity index (χ3v) is 5.13. The van der Waals surface area contributed by atoms with Gasteiger partial charge in [-0.3, -0.25) is 4.79 Å². The maximum Gasteiger partial charge on any atom is 0.335 e. The number of carbonyl (C=O) groups excluding carboxylic acids is 1. The van der Waals surface area contributed by atoms with Crippen molar-refractivity contribution in [1.29, 1.82) is 0 Å². The zero-order valence-electron chi connectivity index (χ0n) is 14.6. The zero-order chi connectivity index (χ0) is 17.8. The van der Waals surface area contributed by atoms with E-state index in [4.69, 9.17) is 5.11 Å². The molecule has 4 heteroatoms. The topological polar surface area (TPSA) is 57.6 Å². The number of carboxylic acids is 1. The number of hydrogen-bond acceptors (Lipinski definition) is 2. The maximum atomic E-state index is 12.2. The van der Waals surface area contributed by atoms with Gasteiger partial charge in [0.2, 0.25) is 5.91 Å². The van der Waals surface area contributed by atoms with Crippen LogP contribution in [-0.2, 0) is 11.2 Å². The number of nitrogens with zero attached hydrogens (tertiary/aromatic N) is 1. The Balaban J connectivity index is 1.57. The van der Waals surface area contributed by atoms with Crippen LogP contribution in [-0.4, -0.2) is 34.5 Å². The second-order valence-corrected chi connectivity index (χ2v) is 7.02. The quantitative estimate of drug-likeness (QED) is 0.768. The van der Waals surface area contributed by atoms with Crippen molar-refractivity contribution < 1.29 is 14.7 Å². The fourth-order valence-corrected chi connectivity index (χ4v) is 3.32. The summed E-state index contributed by atoms with van der Waals surface area (Å²) < 4.78 is 0. The Morgan fingerprint density at radius 3 is 2.60 bits per heavy atom. The summed E-state index contributed by atoms with van der Waals surface area (Å²) in [6.45, 7) is 2.85. The second kappa shape index (κ2) is 7.68. The molecular weight excluding hydrogens is 314 g/mol. The predicted molar refractivity (Wildman–Crippen MR) is 97.5 cm³/mol. The zero-order valence-corrected chi connectivity index (χ0v) is 14.6. The Bertz CT molecular complexity index is 698. The molecule has 3 rings (SSSR count). The molecule has 1 amide bonds. The third-order valence-electron chi connectivity index (χ3n) is 5.13. The van der Waals surface area contributed by atoms with Crippen LogP contribution >= 0.6 is 0 Å². The van der Waals surface area contributed by atoms with Crippen molar-refractivity contribution in [2.24, 2.45) is 5.92 Å². The van der Waals surface area contributed by atoms with Crippen LogP contribution in [0.5, 0.6) is 0 Å². The molecule has 1 aliphatic heterocycles. The maximum absolute atomic E-state index is 12.2. The lowest BCUT2D eigenvalue weighted by molar-refractivity contribution is -0.128. The van der Waals surface area contributed by atoms with Crippen molar-refractivity contribution in [3.8, 4) is 0 Å². The highest BCUT2D eigenvalue weighted by Gasteiger charge is 2.28. The predicted octanol–water partition coefficient (Wildman–Crippen LogP) is 3.83. The smallest absolute Gasteiger partial charge is 0.335 e. The van der Waals surface area contributed by atoms with E-state index in [-0.39, 0.29) is 11.9 Å². The number of carboxylic acid groups (broad SMARTS) is 1. The van der Waals surface area contributed by atoms with E-state index < -0.39 is 5.97 Å². The lowest BCUT2D eigenvalue weighted by atomic mass is 10.1. The van der Waals surface area contributed by atoms with Crippen molar-refractivity contribution in [3.63, 3.8) is 0 Å². The fourth-order valence-electron chi connectivity index (χ4n) is 3.32. The van der Waals surface area contributed by atoms with Gasteiger partial charge in [-0.1, -0.05) is 35.9 Å². The lowest BCUT2D eigenvalue weighted by Crippen LogP contribution is -2.33. The lowest BCUT2D eigenvalue weighted by Gasteiger charge is -2.22. The molecule has 0 aromatic heterocycles. The van der Waals surface area contributed by atoms with Crippen LogP contribution in [0.2, 0.25) is 0 Å². The van der Waals surface area contributed by atoms with E-state index in [1.807, 2.05) is 17.0 Å². The Morgan fingerprint density at radius 1 is 1.24 bits per heavy atom. The van der Waals surface area contributed by atoms with Crippen molar-refractivity contribution in [2.45, 2.75) is 45.1 Å². The van der Waals surface area contributed by atoms with Gasteiger partial charge in [0.1, 0.15) is 0 Å². The van der Waals surface area contributed by atoms with Crippen LogP contribution in [0, 0.1) is 5.92 Å². The molecule has 0 radical (unpaired) electrons. The van der Waals surface area contributed by atoms with Gasteiger partial charge in [-0.05, 0) is 56.2 Å². The molecule has 0 unspecified atom stereocenters. The number of hydrogen-bond donors (Lipinski definition) is 1. The van der Waals surface area contributed by atoms with E-state index in [9.17, 15) is 9.59 Å².